The largest absolute Gasteiger partial charge is 0.870 e. The van der Waals surface area contributed by atoms with E-state index in [0.717, 1.165) is 48.4 Å². The van der Waals surface area contributed by atoms with Crippen molar-refractivity contribution in [2.45, 2.75) is 51.4 Å². The fraction of sp³-hybridized carbons (Fsp3) is 0.308. The molecule has 0 aliphatic heterocycles. The Balaban J connectivity index is 0.000000271. The van der Waals surface area contributed by atoms with Crippen LogP contribution in [0.25, 0.3) is 0 Å². The molecule has 0 bridgehead atoms. The van der Waals surface area contributed by atoms with Gasteiger partial charge in [0.05, 0.1) is 11.4 Å². The van der Waals surface area contributed by atoms with E-state index >= 15 is 0 Å². The van der Waals surface area contributed by atoms with Crippen LogP contribution in [0.5, 0.6) is 0 Å². The van der Waals surface area contributed by atoms with Gasteiger partial charge in [-0.3, -0.25) is 19.6 Å². The second-order valence-corrected chi connectivity index (χ2v) is 7.85. The van der Waals surface area contributed by atoms with E-state index in [1.807, 2.05) is 24.3 Å². The number of hydrogen-bond donors (Lipinski definition) is 2. The summed E-state index contributed by atoms with van der Waals surface area (Å²) in [6.45, 7) is 7.49. The highest BCUT2D eigenvalue weighted by Crippen LogP contribution is 2.24. The summed E-state index contributed by atoms with van der Waals surface area (Å²) < 4.78 is 0. The van der Waals surface area contributed by atoms with E-state index in [-0.39, 0.29) is 17.0 Å². The van der Waals surface area contributed by atoms with Crippen molar-refractivity contribution in [1.29, 1.82) is 0 Å². The minimum Gasteiger partial charge on any atom is -0.870 e. The SMILES string of the molecule is C=Nc1ccc(N=C2CCC(=C)CC2)cc1.Nc1ccc(N)cc1.O=C1CCC(=O)CC1.[OH-]. The molecule has 7 nitrogen and oxygen atoms in total. The average molecular weight is 450 g/mol. The van der Waals surface area contributed by atoms with Crippen molar-refractivity contribution in [2.24, 2.45) is 9.98 Å². The third-order valence-electron chi connectivity index (χ3n) is 5.16. The Morgan fingerprint density at radius 1 is 0.636 bits per heavy atom. The number of carbonyl (C=O) groups is 2. The summed E-state index contributed by atoms with van der Waals surface area (Å²) in [5.74, 6) is 0.481. The summed E-state index contributed by atoms with van der Waals surface area (Å²) in [7, 11) is 0. The number of aliphatic imine (C=N–C) groups is 2. The van der Waals surface area contributed by atoms with Gasteiger partial charge in [0.2, 0.25) is 0 Å². The summed E-state index contributed by atoms with van der Waals surface area (Å²) in [4.78, 5) is 29.4. The normalized spacial score (nSPS) is 15.2. The van der Waals surface area contributed by atoms with Crippen molar-refractivity contribution in [1.82, 2.24) is 0 Å². The Hall–Kier alpha value is -3.58. The standard InChI is InChI=1S/C14H16N2.C6H8N2.C6H8O2.H2O/c1-11-3-5-13(6-4-11)16-14-9-7-12(15-2)8-10-14;2*7-5-1-2-6(8)4-3-5;/h7-10H,1-6H2;1-4H,7-8H2;1-4H2;1H2/p-1. The van der Waals surface area contributed by atoms with Gasteiger partial charge in [-0.1, -0.05) is 12.2 Å². The van der Waals surface area contributed by atoms with Gasteiger partial charge in [0.25, 0.3) is 0 Å². The van der Waals surface area contributed by atoms with Crippen molar-refractivity contribution in [3.63, 3.8) is 0 Å². The van der Waals surface area contributed by atoms with Gasteiger partial charge in [-0.15, -0.1) is 0 Å². The Kier molecular flexibility index (Phi) is 12.0. The van der Waals surface area contributed by atoms with Crippen molar-refractivity contribution < 1.29 is 15.1 Å². The van der Waals surface area contributed by atoms with Crippen LogP contribution in [0.3, 0.4) is 0 Å². The van der Waals surface area contributed by atoms with E-state index in [1.54, 1.807) is 24.3 Å². The highest BCUT2D eigenvalue weighted by atomic mass is 16.1. The number of allylic oxidation sites excluding steroid dienone is 1. The number of nitrogens with zero attached hydrogens (tertiary/aromatic N) is 2. The molecule has 2 fully saturated rings. The molecule has 0 atom stereocenters. The van der Waals surface area contributed by atoms with Crippen LogP contribution in [0.4, 0.5) is 22.7 Å². The molecule has 33 heavy (non-hydrogen) atoms. The molecular formula is C26H33N4O3-. The lowest BCUT2D eigenvalue weighted by molar-refractivity contribution is -0.128. The van der Waals surface area contributed by atoms with Gasteiger partial charge in [-0.2, -0.15) is 0 Å². The number of ketones is 2. The molecule has 2 aromatic rings. The van der Waals surface area contributed by atoms with Gasteiger partial charge in [0.15, 0.2) is 0 Å². The topological polar surface area (TPSA) is 141 Å². The fourth-order valence-corrected chi connectivity index (χ4v) is 3.12. The van der Waals surface area contributed by atoms with Crippen LogP contribution >= 0.6 is 0 Å². The summed E-state index contributed by atoms with van der Waals surface area (Å²) in [6, 6.07) is 14.9. The molecule has 2 saturated carbocycles. The number of nitrogen functional groups attached to an aromatic ring is 2. The molecule has 0 radical (unpaired) electrons. The zero-order chi connectivity index (χ0) is 23.3. The first kappa shape index (κ1) is 27.5. The second-order valence-electron chi connectivity index (χ2n) is 7.85. The van der Waals surface area contributed by atoms with Gasteiger partial charge in [0.1, 0.15) is 11.6 Å². The first-order valence-electron chi connectivity index (χ1n) is 10.8. The quantitative estimate of drug-likeness (QED) is 0.349. The number of benzene rings is 2. The molecular weight excluding hydrogens is 416 g/mol. The molecule has 176 valence electrons. The van der Waals surface area contributed by atoms with Crippen LogP contribution in [0.1, 0.15) is 51.4 Å². The van der Waals surface area contributed by atoms with Crippen molar-refractivity contribution in [3.8, 4) is 0 Å². The third-order valence-corrected chi connectivity index (χ3v) is 5.16. The van der Waals surface area contributed by atoms with Crippen LogP contribution in [-0.4, -0.2) is 29.5 Å². The molecule has 2 aromatic carbocycles. The van der Waals surface area contributed by atoms with Crippen LogP contribution in [0, 0.1) is 0 Å². The Morgan fingerprint density at radius 2 is 1.03 bits per heavy atom. The molecule has 5 N–H and O–H groups in total. The summed E-state index contributed by atoms with van der Waals surface area (Å²) in [5.41, 5.74) is 16.8. The van der Waals surface area contributed by atoms with E-state index in [9.17, 15) is 9.59 Å². The van der Waals surface area contributed by atoms with Crippen LogP contribution in [-0.2, 0) is 9.59 Å². The Labute approximate surface area is 195 Å². The number of Topliss-reactive ketones (excluding diaryl/α,β-unsaturated/α-hetero) is 2. The van der Waals surface area contributed by atoms with Crippen LogP contribution < -0.4 is 11.5 Å². The average Bonchev–Trinajstić information content (AvgIpc) is 2.81. The predicted molar refractivity (Wildman–Crippen MR) is 136 cm³/mol. The molecule has 0 saturated heterocycles. The van der Waals surface area contributed by atoms with E-state index in [0.29, 0.717) is 25.7 Å². The lowest BCUT2D eigenvalue weighted by atomic mass is 9.94. The molecule has 0 spiro atoms. The highest BCUT2D eigenvalue weighted by molar-refractivity contribution is 5.92. The predicted octanol–water partition coefficient (Wildman–Crippen LogP) is 5.59. The van der Waals surface area contributed by atoms with Crippen LogP contribution in [0.15, 0.2) is 70.7 Å². The lowest BCUT2D eigenvalue weighted by Gasteiger charge is -2.14. The minimum absolute atomic E-state index is 0. The second kappa shape index (κ2) is 14.5. The summed E-state index contributed by atoms with van der Waals surface area (Å²) in [6.07, 6.45) is 6.23. The molecule has 2 aliphatic carbocycles. The fourth-order valence-electron chi connectivity index (χ4n) is 3.12. The van der Waals surface area contributed by atoms with E-state index < -0.39 is 0 Å². The Bertz CT molecular complexity index is 903. The smallest absolute Gasteiger partial charge is 0.133 e. The maximum absolute atomic E-state index is 10.5. The maximum atomic E-state index is 10.5. The van der Waals surface area contributed by atoms with Gasteiger partial charge >= 0.3 is 0 Å². The van der Waals surface area contributed by atoms with E-state index in [4.69, 9.17) is 11.5 Å². The number of carbonyl (C=O) groups excluding carboxylic acids is 2. The zero-order valence-corrected chi connectivity index (χ0v) is 19.0. The molecule has 7 heteroatoms. The lowest BCUT2D eigenvalue weighted by Crippen LogP contribution is -2.12. The maximum Gasteiger partial charge on any atom is 0.133 e. The number of hydrogen-bond acceptors (Lipinski definition) is 7. The molecule has 4 rings (SSSR count). The van der Waals surface area contributed by atoms with Gasteiger partial charge in [-0.05, 0) is 80.9 Å². The first-order chi connectivity index (χ1) is 15.4. The van der Waals surface area contributed by atoms with Crippen molar-refractivity contribution in [2.75, 3.05) is 11.5 Å². The van der Waals surface area contributed by atoms with Crippen molar-refractivity contribution in [3.05, 3.63) is 60.7 Å². The molecule has 2 aliphatic rings. The molecule has 0 unspecified atom stereocenters. The number of anilines is 2. The summed E-state index contributed by atoms with van der Waals surface area (Å²) in [5, 5.41) is 0. The van der Waals surface area contributed by atoms with Crippen LogP contribution in [0.2, 0.25) is 0 Å². The minimum atomic E-state index is 0. The zero-order valence-electron chi connectivity index (χ0n) is 19.0. The molecule has 0 amide bonds. The first-order valence-corrected chi connectivity index (χ1v) is 10.8. The third kappa shape index (κ3) is 11.0. The van der Waals surface area contributed by atoms with Gasteiger partial charge in [0, 0.05) is 42.8 Å². The van der Waals surface area contributed by atoms with Gasteiger partial charge < -0.3 is 16.9 Å². The number of nitrogens with two attached hydrogens (primary N) is 2. The van der Waals surface area contributed by atoms with Crippen molar-refractivity contribution >= 4 is 46.7 Å². The Morgan fingerprint density at radius 3 is 1.42 bits per heavy atom. The molecule has 0 aromatic heterocycles. The number of rotatable bonds is 2. The van der Waals surface area contributed by atoms with E-state index in [1.165, 1.54) is 11.3 Å². The van der Waals surface area contributed by atoms with Gasteiger partial charge in [-0.25, -0.2) is 0 Å². The highest BCUT2D eigenvalue weighted by Gasteiger charge is 2.14. The monoisotopic (exact) mass is 449 g/mol. The summed E-state index contributed by atoms with van der Waals surface area (Å²) >= 11 is 0. The van der Waals surface area contributed by atoms with E-state index in [2.05, 4.69) is 23.3 Å². The molecule has 0 heterocycles.